The maximum atomic E-state index is 11.3. The van der Waals surface area contributed by atoms with Gasteiger partial charge < -0.3 is 20.8 Å². The van der Waals surface area contributed by atoms with Crippen molar-refractivity contribution < 1.29 is 19.8 Å². The van der Waals surface area contributed by atoms with E-state index >= 15 is 0 Å². The number of aliphatic carboxylic acids is 1. The van der Waals surface area contributed by atoms with E-state index in [9.17, 15) is 14.7 Å². The first kappa shape index (κ1) is 14.9. The van der Waals surface area contributed by atoms with Crippen LogP contribution in [0.25, 0.3) is 0 Å². The minimum atomic E-state index is -1.40. The highest BCUT2D eigenvalue weighted by molar-refractivity contribution is 5.76. The molecule has 0 aromatic carbocycles. The van der Waals surface area contributed by atoms with E-state index in [1.807, 2.05) is 0 Å². The lowest BCUT2D eigenvalue weighted by Crippen LogP contribution is -2.42. The predicted octanol–water partition coefficient (Wildman–Crippen LogP) is -0.672. The van der Waals surface area contributed by atoms with Crippen LogP contribution in [0.4, 0.5) is 0 Å². The molecule has 0 aliphatic heterocycles. The Bertz CT molecular complexity index is 241. The molecule has 6 heteroatoms. The second kappa shape index (κ2) is 7.19. The lowest BCUT2D eigenvalue weighted by molar-refractivity contribution is -0.142. The number of rotatable bonds is 8. The van der Waals surface area contributed by atoms with Gasteiger partial charge in [-0.15, -0.1) is 0 Å². The molecule has 0 heterocycles. The summed E-state index contributed by atoms with van der Waals surface area (Å²) in [6.07, 6.45) is 0.692. The lowest BCUT2D eigenvalue weighted by atomic mass is 10.0. The van der Waals surface area contributed by atoms with Crippen molar-refractivity contribution in [3.05, 3.63) is 0 Å². The molecule has 0 aliphatic carbocycles. The van der Waals surface area contributed by atoms with Gasteiger partial charge in [-0.25, -0.2) is 0 Å². The summed E-state index contributed by atoms with van der Waals surface area (Å²) in [6.45, 7) is 2.09. The molecule has 16 heavy (non-hydrogen) atoms. The summed E-state index contributed by atoms with van der Waals surface area (Å²) in [5, 5.41) is 23.5. The number of hydrogen-bond acceptors (Lipinski definition) is 4. The highest BCUT2D eigenvalue weighted by Crippen LogP contribution is 2.07. The Labute approximate surface area is 95.0 Å². The largest absolute Gasteiger partial charge is 0.481 e. The van der Waals surface area contributed by atoms with Gasteiger partial charge in [-0.2, -0.15) is 0 Å². The maximum absolute atomic E-state index is 11.3. The first-order chi connectivity index (χ1) is 7.37. The second-order valence-electron chi connectivity index (χ2n) is 4.05. The number of carboxylic acids is 1. The number of nitrogens with one attached hydrogen (secondary N) is 2. The van der Waals surface area contributed by atoms with Crippen LogP contribution in [0, 0.1) is 0 Å². The van der Waals surface area contributed by atoms with Crippen LogP contribution < -0.4 is 10.6 Å². The normalized spacial score (nSPS) is 14.2. The van der Waals surface area contributed by atoms with E-state index in [-0.39, 0.29) is 18.9 Å². The third-order valence-electron chi connectivity index (χ3n) is 2.03. The zero-order valence-electron chi connectivity index (χ0n) is 9.75. The van der Waals surface area contributed by atoms with Crippen molar-refractivity contribution in [1.82, 2.24) is 10.6 Å². The lowest BCUT2D eigenvalue weighted by Gasteiger charge is -2.21. The first-order valence-corrected chi connectivity index (χ1v) is 5.23. The van der Waals surface area contributed by atoms with Crippen LogP contribution in [0.3, 0.4) is 0 Å². The van der Waals surface area contributed by atoms with Crippen LogP contribution in [0.2, 0.25) is 0 Å². The van der Waals surface area contributed by atoms with Crippen molar-refractivity contribution in [3.63, 3.8) is 0 Å². The zero-order chi connectivity index (χ0) is 12.6. The van der Waals surface area contributed by atoms with Crippen molar-refractivity contribution in [2.24, 2.45) is 0 Å². The smallest absolute Gasteiger partial charge is 0.306 e. The number of carbonyl (C=O) groups excluding carboxylic acids is 1. The molecule has 6 nitrogen and oxygen atoms in total. The van der Waals surface area contributed by atoms with Gasteiger partial charge in [0.1, 0.15) is 0 Å². The van der Waals surface area contributed by atoms with E-state index in [2.05, 4.69) is 10.6 Å². The Balaban J connectivity index is 3.77. The first-order valence-electron chi connectivity index (χ1n) is 5.23. The Kier molecular flexibility index (Phi) is 6.67. The van der Waals surface area contributed by atoms with Gasteiger partial charge >= 0.3 is 5.97 Å². The zero-order valence-corrected chi connectivity index (χ0v) is 9.75. The summed E-state index contributed by atoms with van der Waals surface area (Å²) in [5.74, 6) is -1.27. The molecule has 0 radical (unpaired) electrons. The Morgan fingerprint density at radius 3 is 2.50 bits per heavy atom. The molecule has 0 aromatic rings. The fourth-order valence-corrected chi connectivity index (χ4v) is 1.19. The van der Waals surface area contributed by atoms with E-state index in [4.69, 9.17) is 5.11 Å². The molecule has 4 N–H and O–H groups in total. The monoisotopic (exact) mass is 232 g/mol. The minimum absolute atomic E-state index is 0.0440. The Hall–Kier alpha value is -1.14. The fraction of sp³-hybridized carbons (Fsp3) is 0.800. The van der Waals surface area contributed by atoms with Crippen LogP contribution in [0.1, 0.15) is 26.2 Å². The van der Waals surface area contributed by atoms with Gasteiger partial charge in [0.15, 0.2) is 0 Å². The molecule has 0 saturated heterocycles. The van der Waals surface area contributed by atoms with Gasteiger partial charge in [-0.05, 0) is 26.9 Å². The number of amides is 1. The van der Waals surface area contributed by atoms with E-state index in [1.165, 1.54) is 6.92 Å². The molecule has 94 valence electrons. The molecule has 0 spiro atoms. The molecule has 0 bridgehead atoms. The van der Waals surface area contributed by atoms with Crippen molar-refractivity contribution in [1.29, 1.82) is 0 Å². The summed E-state index contributed by atoms with van der Waals surface area (Å²) >= 11 is 0. The Morgan fingerprint density at radius 2 is 2.00 bits per heavy atom. The van der Waals surface area contributed by atoms with Gasteiger partial charge in [0.2, 0.25) is 5.91 Å². The molecule has 1 atom stereocenters. The summed E-state index contributed by atoms with van der Waals surface area (Å²) in [4.78, 5) is 21.6. The van der Waals surface area contributed by atoms with Crippen LogP contribution in [0.5, 0.6) is 0 Å². The van der Waals surface area contributed by atoms with Crippen molar-refractivity contribution in [2.75, 3.05) is 20.1 Å². The fourth-order valence-electron chi connectivity index (χ4n) is 1.19. The molecule has 0 saturated carbocycles. The quantitative estimate of drug-likeness (QED) is 0.416. The van der Waals surface area contributed by atoms with Gasteiger partial charge in [0.25, 0.3) is 0 Å². The molecule has 0 rings (SSSR count). The van der Waals surface area contributed by atoms with Crippen molar-refractivity contribution in [3.8, 4) is 0 Å². The van der Waals surface area contributed by atoms with Gasteiger partial charge in [0.05, 0.1) is 12.0 Å². The third-order valence-corrected chi connectivity index (χ3v) is 2.03. The summed E-state index contributed by atoms with van der Waals surface area (Å²) < 4.78 is 0. The van der Waals surface area contributed by atoms with Gasteiger partial charge in [0, 0.05) is 13.0 Å². The van der Waals surface area contributed by atoms with Crippen molar-refractivity contribution >= 4 is 11.9 Å². The molecule has 0 aliphatic rings. The van der Waals surface area contributed by atoms with E-state index in [0.717, 1.165) is 6.54 Å². The summed E-state index contributed by atoms with van der Waals surface area (Å²) in [5.41, 5.74) is -1.40. The topological polar surface area (TPSA) is 98.7 Å². The van der Waals surface area contributed by atoms with Crippen LogP contribution in [0.15, 0.2) is 0 Å². The standard InChI is InChI=1S/C10H20N2O4/c1-10(16,6-9(14)15)7-12-8(13)4-3-5-11-2/h11,16H,3-7H2,1-2H3,(H,12,13)(H,14,15). The highest BCUT2D eigenvalue weighted by atomic mass is 16.4. The molecular formula is C10H20N2O4. The highest BCUT2D eigenvalue weighted by Gasteiger charge is 2.24. The van der Waals surface area contributed by atoms with Crippen molar-refractivity contribution in [2.45, 2.75) is 31.8 Å². The van der Waals surface area contributed by atoms with Crippen LogP contribution in [-0.4, -0.2) is 47.8 Å². The minimum Gasteiger partial charge on any atom is -0.481 e. The summed E-state index contributed by atoms with van der Waals surface area (Å²) in [6, 6.07) is 0. The average molecular weight is 232 g/mol. The van der Waals surface area contributed by atoms with Gasteiger partial charge in [-0.3, -0.25) is 9.59 Å². The SMILES string of the molecule is CNCCCC(=O)NCC(C)(O)CC(=O)O. The average Bonchev–Trinajstić information content (AvgIpc) is 2.13. The van der Waals surface area contributed by atoms with Crippen LogP contribution >= 0.6 is 0 Å². The summed E-state index contributed by atoms with van der Waals surface area (Å²) in [7, 11) is 1.80. The number of hydrogen-bond donors (Lipinski definition) is 4. The number of aliphatic hydroxyl groups is 1. The molecule has 0 aromatic heterocycles. The molecule has 1 unspecified atom stereocenters. The predicted molar refractivity (Wildman–Crippen MR) is 59.0 cm³/mol. The molecular weight excluding hydrogens is 212 g/mol. The maximum Gasteiger partial charge on any atom is 0.306 e. The molecule has 1 amide bonds. The van der Waals surface area contributed by atoms with E-state index < -0.39 is 11.6 Å². The second-order valence-corrected chi connectivity index (χ2v) is 4.05. The number of carbonyl (C=O) groups is 2. The van der Waals surface area contributed by atoms with E-state index in [1.54, 1.807) is 7.05 Å². The molecule has 0 fully saturated rings. The number of carboxylic acid groups (broad SMARTS) is 1. The van der Waals surface area contributed by atoms with Crippen LogP contribution in [-0.2, 0) is 9.59 Å². The van der Waals surface area contributed by atoms with E-state index in [0.29, 0.717) is 12.8 Å². The Morgan fingerprint density at radius 1 is 1.38 bits per heavy atom. The third kappa shape index (κ3) is 8.19. The van der Waals surface area contributed by atoms with Gasteiger partial charge in [-0.1, -0.05) is 0 Å².